The van der Waals surface area contributed by atoms with Crippen LogP contribution in [-0.2, 0) is 4.79 Å². The Morgan fingerprint density at radius 1 is 1.14 bits per heavy atom. The van der Waals surface area contributed by atoms with E-state index < -0.39 is 0 Å². The van der Waals surface area contributed by atoms with E-state index in [0.29, 0.717) is 18.0 Å². The summed E-state index contributed by atoms with van der Waals surface area (Å²) in [5, 5.41) is 6.73. The molecule has 2 rings (SSSR count). The molecule has 4 nitrogen and oxygen atoms in total. The van der Waals surface area contributed by atoms with Crippen LogP contribution in [0.4, 0.5) is 0 Å². The lowest BCUT2D eigenvalue weighted by atomic mass is 9.89. The molecule has 2 bridgehead atoms. The minimum atomic E-state index is 0. The molecule has 2 aliphatic rings. The monoisotopic (exact) mass is 353 g/mol. The van der Waals surface area contributed by atoms with Crippen LogP contribution in [0.25, 0.3) is 0 Å². The van der Waals surface area contributed by atoms with Crippen molar-refractivity contribution in [2.24, 2.45) is 5.92 Å². The van der Waals surface area contributed by atoms with E-state index in [1.807, 2.05) is 0 Å². The van der Waals surface area contributed by atoms with Gasteiger partial charge >= 0.3 is 0 Å². The summed E-state index contributed by atoms with van der Waals surface area (Å²) < 4.78 is 0. The van der Waals surface area contributed by atoms with Gasteiger partial charge in [0.1, 0.15) is 0 Å². The van der Waals surface area contributed by atoms with Crippen LogP contribution >= 0.6 is 24.8 Å². The lowest BCUT2D eigenvalue weighted by Gasteiger charge is -2.28. The fourth-order valence-corrected chi connectivity index (χ4v) is 3.75. The Morgan fingerprint density at radius 3 is 2.27 bits per heavy atom. The Kier molecular flexibility index (Phi) is 11.5. The highest BCUT2D eigenvalue weighted by Gasteiger charge is 2.33. The van der Waals surface area contributed by atoms with E-state index in [1.165, 1.54) is 25.7 Å². The molecule has 2 heterocycles. The summed E-state index contributed by atoms with van der Waals surface area (Å²) in [4.78, 5) is 14.4. The fourth-order valence-electron chi connectivity index (χ4n) is 3.75. The Labute approximate surface area is 148 Å². The van der Waals surface area contributed by atoms with Crippen molar-refractivity contribution >= 4 is 30.7 Å². The summed E-state index contributed by atoms with van der Waals surface area (Å²) in [5.74, 6) is 0.868. The van der Waals surface area contributed by atoms with Gasteiger partial charge < -0.3 is 15.5 Å². The number of carbonyl (C=O) groups excluding carboxylic acids is 1. The first kappa shape index (κ1) is 22.0. The summed E-state index contributed by atoms with van der Waals surface area (Å²) >= 11 is 0. The Balaban J connectivity index is 0.00000220. The molecule has 2 N–H and O–H groups in total. The highest BCUT2D eigenvalue weighted by molar-refractivity contribution is 5.85. The summed E-state index contributed by atoms with van der Waals surface area (Å²) in [6.07, 6.45) is 6.82. The zero-order valence-electron chi connectivity index (χ0n) is 14.0. The second kappa shape index (κ2) is 11.5. The van der Waals surface area contributed by atoms with E-state index >= 15 is 0 Å². The number of nitrogens with zero attached hydrogens (tertiary/aromatic N) is 1. The number of hydrogen-bond donors (Lipinski definition) is 2. The lowest BCUT2D eigenvalue weighted by molar-refractivity contribution is -0.122. The van der Waals surface area contributed by atoms with Gasteiger partial charge in [0, 0.05) is 25.0 Å². The first-order valence-electron chi connectivity index (χ1n) is 8.46. The number of rotatable bonds is 8. The zero-order chi connectivity index (χ0) is 14.4. The molecular formula is C16H33Cl2N3O. The third-order valence-corrected chi connectivity index (χ3v) is 4.91. The van der Waals surface area contributed by atoms with E-state index in [9.17, 15) is 4.79 Å². The minimum absolute atomic E-state index is 0. The molecule has 22 heavy (non-hydrogen) atoms. The lowest BCUT2D eigenvalue weighted by Crippen LogP contribution is -2.40. The standard InChI is InChI=1S/C16H31N3O.2ClH/c1-3-19(4-2)9-5-8-17-16(20)12-13-10-14-6-7-15(11-13)18-14;;/h13-15,18H,3-12H2,1-2H3,(H,17,20);2*1H. The second-order valence-corrected chi connectivity index (χ2v) is 6.41. The van der Waals surface area contributed by atoms with Crippen LogP contribution in [0, 0.1) is 5.92 Å². The predicted octanol–water partition coefficient (Wildman–Crippen LogP) is 2.60. The third-order valence-electron chi connectivity index (χ3n) is 4.91. The molecule has 0 aromatic carbocycles. The van der Waals surface area contributed by atoms with Gasteiger partial charge in [-0.05, 0) is 57.7 Å². The molecular weight excluding hydrogens is 321 g/mol. The molecule has 6 heteroatoms. The number of amides is 1. The van der Waals surface area contributed by atoms with Gasteiger partial charge in [0.05, 0.1) is 0 Å². The van der Waals surface area contributed by atoms with E-state index in [0.717, 1.165) is 39.0 Å². The molecule has 0 radical (unpaired) electrons. The van der Waals surface area contributed by atoms with E-state index in [1.54, 1.807) is 0 Å². The molecule has 2 aliphatic heterocycles. The van der Waals surface area contributed by atoms with Gasteiger partial charge in [-0.2, -0.15) is 0 Å². The SMILES string of the molecule is CCN(CC)CCCNC(=O)CC1CC2CCC(C1)N2.Cl.Cl. The molecule has 0 aromatic heterocycles. The zero-order valence-corrected chi connectivity index (χ0v) is 15.6. The smallest absolute Gasteiger partial charge is 0.220 e. The average molecular weight is 354 g/mol. The maximum atomic E-state index is 12.0. The van der Waals surface area contributed by atoms with Crippen molar-refractivity contribution in [2.75, 3.05) is 26.2 Å². The molecule has 0 aromatic rings. The van der Waals surface area contributed by atoms with Crippen molar-refractivity contribution in [1.29, 1.82) is 0 Å². The number of nitrogens with one attached hydrogen (secondary N) is 2. The van der Waals surface area contributed by atoms with Crippen molar-refractivity contribution in [2.45, 2.75) is 64.5 Å². The topological polar surface area (TPSA) is 44.4 Å². The van der Waals surface area contributed by atoms with Crippen molar-refractivity contribution in [1.82, 2.24) is 15.5 Å². The van der Waals surface area contributed by atoms with E-state index in [-0.39, 0.29) is 30.7 Å². The number of fused-ring (bicyclic) bond motifs is 2. The number of halogens is 2. The Hall–Kier alpha value is -0.0300. The van der Waals surface area contributed by atoms with Crippen LogP contribution in [0.1, 0.15) is 52.4 Å². The van der Waals surface area contributed by atoms with E-state index in [4.69, 9.17) is 0 Å². The highest BCUT2D eigenvalue weighted by Crippen LogP contribution is 2.32. The quantitative estimate of drug-likeness (QED) is 0.659. The van der Waals surface area contributed by atoms with Crippen LogP contribution < -0.4 is 10.6 Å². The fraction of sp³-hybridized carbons (Fsp3) is 0.938. The van der Waals surface area contributed by atoms with Gasteiger partial charge in [-0.3, -0.25) is 4.79 Å². The van der Waals surface area contributed by atoms with Gasteiger partial charge in [-0.25, -0.2) is 0 Å². The normalized spacial score (nSPS) is 26.2. The predicted molar refractivity (Wildman–Crippen MR) is 97.2 cm³/mol. The van der Waals surface area contributed by atoms with Crippen molar-refractivity contribution < 1.29 is 4.79 Å². The molecule has 2 saturated heterocycles. The van der Waals surface area contributed by atoms with Crippen LogP contribution in [0.15, 0.2) is 0 Å². The van der Waals surface area contributed by atoms with Gasteiger partial charge in [-0.15, -0.1) is 24.8 Å². The van der Waals surface area contributed by atoms with Gasteiger partial charge in [-0.1, -0.05) is 13.8 Å². The molecule has 0 aliphatic carbocycles. The van der Waals surface area contributed by atoms with Crippen LogP contribution in [0.3, 0.4) is 0 Å². The van der Waals surface area contributed by atoms with Gasteiger partial charge in [0.25, 0.3) is 0 Å². The second-order valence-electron chi connectivity index (χ2n) is 6.41. The van der Waals surface area contributed by atoms with Gasteiger partial charge in [0.15, 0.2) is 0 Å². The molecule has 2 atom stereocenters. The molecule has 0 saturated carbocycles. The molecule has 2 unspecified atom stereocenters. The molecule has 0 spiro atoms. The van der Waals surface area contributed by atoms with Crippen molar-refractivity contribution in [3.8, 4) is 0 Å². The van der Waals surface area contributed by atoms with Crippen LogP contribution in [0.2, 0.25) is 0 Å². The molecule has 2 fully saturated rings. The Morgan fingerprint density at radius 2 is 1.73 bits per heavy atom. The highest BCUT2D eigenvalue weighted by atomic mass is 35.5. The first-order chi connectivity index (χ1) is 9.71. The van der Waals surface area contributed by atoms with Crippen molar-refractivity contribution in [3.05, 3.63) is 0 Å². The maximum absolute atomic E-state index is 12.0. The summed E-state index contributed by atoms with van der Waals surface area (Å²) in [5.41, 5.74) is 0. The van der Waals surface area contributed by atoms with Crippen LogP contribution in [-0.4, -0.2) is 49.1 Å². The maximum Gasteiger partial charge on any atom is 0.220 e. The van der Waals surface area contributed by atoms with E-state index in [2.05, 4.69) is 29.4 Å². The minimum Gasteiger partial charge on any atom is -0.356 e. The third kappa shape index (κ3) is 7.03. The largest absolute Gasteiger partial charge is 0.356 e. The van der Waals surface area contributed by atoms with Gasteiger partial charge in [0.2, 0.25) is 5.91 Å². The first-order valence-corrected chi connectivity index (χ1v) is 8.46. The summed E-state index contributed by atoms with van der Waals surface area (Å²) in [6.45, 7) is 8.49. The van der Waals surface area contributed by atoms with Crippen LogP contribution in [0.5, 0.6) is 0 Å². The summed E-state index contributed by atoms with van der Waals surface area (Å²) in [7, 11) is 0. The number of piperidine rings is 1. The van der Waals surface area contributed by atoms with Crippen molar-refractivity contribution in [3.63, 3.8) is 0 Å². The Bertz CT molecular complexity index is 302. The number of carbonyl (C=O) groups is 1. The molecule has 132 valence electrons. The number of hydrogen-bond acceptors (Lipinski definition) is 3. The average Bonchev–Trinajstić information content (AvgIpc) is 2.78. The summed E-state index contributed by atoms with van der Waals surface area (Å²) in [6, 6.07) is 1.38. The molecule has 1 amide bonds.